The maximum atomic E-state index is 6.15. The minimum atomic E-state index is 0.382. The minimum absolute atomic E-state index is 0.382. The van der Waals surface area contributed by atoms with Gasteiger partial charge >= 0.3 is 0 Å². The van der Waals surface area contributed by atoms with E-state index in [2.05, 4.69) is 20.8 Å². The number of rotatable bonds is 25. The molecule has 0 bridgehead atoms. The van der Waals surface area contributed by atoms with Crippen LogP contribution in [-0.4, -0.2) is 6.04 Å². The normalized spacial score (nSPS) is 19.9. The molecule has 0 amide bonds. The quantitative estimate of drug-likeness (QED) is 0.138. The van der Waals surface area contributed by atoms with Crippen LogP contribution in [0.25, 0.3) is 0 Å². The van der Waals surface area contributed by atoms with Gasteiger partial charge in [-0.1, -0.05) is 155 Å². The minimum Gasteiger partial charge on any atom is -0.328 e. The average Bonchev–Trinajstić information content (AvgIpc) is 3.52. The van der Waals surface area contributed by atoms with E-state index in [0.717, 1.165) is 17.8 Å². The number of nitrogens with two attached hydrogens (primary N) is 1. The van der Waals surface area contributed by atoms with Gasteiger partial charge in [0.05, 0.1) is 0 Å². The van der Waals surface area contributed by atoms with Crippen molar-refractivity contribution in [2.45, 2.75) is 181 Å². The summed E-state index contributed by atoms with van der Waals surface area (Å²) in [6.07, 6.45) is 34.9. The van der Waals surface area contributed by atoms with Gasteiger partial charge in [-0.25, -0.2) is 0 Å². The van der Waals surface area contributed by atoms with E-state index >= 15 is 0 Å². The van der Waals surface area contributed by atoms with Gasteiger partial charge in [-0.2, -0.15) is 0 Å². The second kappa shape index (κ2) is 21.5. The molecule has 192 valence electrons. The van der Waals surface area contributed by atoms with E-state index < -0.39 is 0 Å². The van der Waals surface area contributed by atoms with Crippen LogP contribution in [0.2, 0.25) is 0 Å². The van der Waals surface area contributed by atoms with E-state index in [1.165, 1.54) is 148 Å². The monoisotopic (exact) mass is 449 g/mol. The molecule has 0 saturated heterocycles. The summed E-state index contributed by atoms with van der Waals surface area (Å²) in [5.74, 6) is 3.12. The Labute approximate surface area is 204 Å². The molecule has 0 heterocycles. The Kier molecular flexibility index (Phi) is 20.1. The smallest absolute Gasteiger partial charge is 0.00131 e. The second-order valence-corrected chi connectivity index (χ2v) is 11.6. The molecule has 4 unspecified atom stereocenters. The molecule has 0 radical (unpaired) electrons. The molecule has 1 aliphatic rings. The highest BCUT2D eigenvalue weighted by Gasteiger charge is 2.34. The molecule has 32 heavy (non-hydrogen) atoms. The van der Waals surface area contributed by atoms with Crippen LogP contribution >= 0.6 is 0 Å². The van der Waals surface area contributed by atoms with Crippen molar-refractivity contribution >= 4 is 0 Å². The summed E-state index contributed by atoms with van der Waals surface area (Å²) >= 11 is 0. The second-order valence-electron chi connectivity index (χ2n) is 11.6. The summed E-state index contributed by atoms with van der Waals surface area (Å²) < 4.78 is 0. The lowest BCUT2D eigenvalue weighted by molar-refractivity contribution is 0.360. The zero-order valence-corrected chi connectivity index (χ0v) is 22.9. The average molecular weight is 450 g/mol. The van der Waals surface area contributed by atoms with E-state index in [0.29, 0.717) is 6.04 Å². The van der Waals surface area contributed by atoms with Gasteiger partial charge in [0.15, 0.2) is 0 Å². The van der Waals surface area contributed by atoms with Gasteiger partial charge in [-0.3, -0.25) is 0 Å². The van der Waals surface area contributed by atoms with Crippen LogP contribution in [0.4, 0.5) is 0 Å². The predicted octanol–water partition coefficient (Wildman–Crippen LogP) is 10.6. The van der Waals surface area contributed by atoms with Crippen LogP contribution in [0.5, 0.6) is 0 Å². The summed E-state index contributed by atoms with van der Waals surface area (Å²) in [4.78, 5) is 0. The highest BCUT2D eigenvalue weighted by atomic mass is 14.6. The molecule has 1 nitrogen and oxygen atoms in total. The van der Waals surface area contributed by atoms with Crippen LogP contribution in [0.1, 0.15) is 175 Å². The molecule has 2 N–H and O–H groups in total. The number of hydrogen-bond donors (Lipinski definition) is 1. The van der Waals surface area contributed by atoms with E-state index in [4.69, 9.17) is 5.73 Å². The lowest BCUT2D eigenvalue weighted by Gasteiger charge is -2.19. The van der Waals surface area contributed by atoms with Gasteiger partial charge in [0.25, 0.3) is 0 Å². The van der Waals surface area contributed by atoms with Crippen molar-refractivity contribution in [1.29, 1.82) is 0 Å². The van der Waals surface area contributed by atoms with Gasteiger partial charge < -0.3 is 5.73 Å². The van der Waals surface area contributed by atoms with Crippen molar-refractivity contribution in [3.63, 3.8) is 0 Å². The van der Waals surface area contributed by atoms with Gasteiger partial charge in [-0.05, 0) is 37.5 Å². The Bertz CT molecular complexity index is 377. The van der Waals surface area contributed by atoms with E-state index in [-0.39, 0.29) is 0 Å². The molecular formula is C31H63N. The Morgan fingerprint density at radius 3 is 1.34 bits per heavy atom. The Morgan fingerprint density at radius 2 is 0.938 bits per heavy atom. The lowest BCUT2D eigenvalue weighted by Crippen LogP contribution is -2.19. The van der Waals surface area contributed by atoms with Crippen LogP contribution < -0.4 is 5.73 Å². The molecule has 1 aliphatic carbocycles. The van der Waals surface area contributed by atoms with Crippen molar-refractivity contribution in [2.24, 2.45) is 23.5 Å². The molecule has 1 saturated carbocycles. The Balaban J connectivity index is 1.92. The highest BCUT2D eigenvalue weighted by molar-refractivity contribution is 4.85. The molecule has 0 aromatic rings. The van der Waals surface area contributed by atoms with Crippen molar-refractivity contribution < 1.29 is 0 Å². The Morgan fingerprint density at radius 1 is 0.562 bits per heavy atom. The fourth-order valence-corrected chi connectivity index (χ4v) is 5.87. The van der Waals surface area contributed by atoms with Crippen LogP contribution in [-0.2, 0) is 0 Å². The summed E-state index contributed by atoms with van der Waals surface area (Å²) in [7, 11) is 0. The molecule has 0 aromatic carbocycles. The van der Waals surface area contributed by atoms with E-state index in [1.54, 1.807) is 6.42 Å². The van der Waals surface area contributed by atoms with Gasteiger partial charge in [0, 0.05) is 6.04 Å². The third-order valence-electron chi connectivity index (χ3n) is 8.11. The summed E-state index contributed by atoms with van der Waals surface area (Å²) in [6.45, 7) is 6.82. The number of hydrogen-bond acceptors (Lipinski definition) is 1. The summed E-state index contributed by atoms with van der Waals surface area (Å²) in [5.41, 5.74) is 6.15. The van der Waals surface area contributed by atoms with E-state index in [9.17, 15) is 0 Å². The summed E-state index contributed by atoms with van der Waals surface area (Å²) in [5, 5.41) is 0. The molecule has 4 atom stereocenters. The first-order valence-electron chi connectivity index (χ1n) is 15.4. The maximum absolute atomic E-state index is 6.15. The van der Waals surface area contributed by atoms with Gasteiger partial charge in [-0.15, -0.1) is 0 Å². The topological polar surface area (TPSA) is 26.0 Å². The third kappa shape index (κ3) is 18.4. The lowest BCUT2D eigenvalue weighted by atomic mass is 9.89. The molecule has 1 rings (SSSR count). The third-order valence-corrected chi connectivity index (χ3v) is 8.11. The first kappa shape index (κ1) is 30.0. The molecule has 0 aliphatic heterocycles. The first-order valence-corrected chi connectivity index (χ1v) is 15.4. The van der Waals surface area contributed by atoms with E-state index in [1.807, 2.05) is 0 Å². The zero-order valence-electron chi connectivity index (χ0n) is 22.9. The fraction of sp³-hybridized carbons (Fsp3) is 1.00. The highest BCUT2D eigenvalue weighted by Crippen LogP contribution is 2.45. The largest absolute Gasteiger partial charge is 0.328 e. The van der Waals surface area contributed by atoms with Crippen molar-refractivity contribution in [2.75, 3.05) is 0 Å². The van der Waals surface area contributed by atoms with Crippen LogP contribution in [0, 0.1) is 17.8 Å². The van der Waals surface area contributed by atoms with Gasteiger partial charge in [0.1, 0.15) is 0 Å². The van der Waals surface area contributed by atoms with Crippen molar-refractivity contribution in [3.05, 3.63) is 0 Å². The fourth-order valence-electron chi connectivity index (χ4n) is 5.87. The first-order chi connectivity index (χ1) is 15.7. The zero-order chi connectivity index (χ0) is 23.3. The standard InChI is InChI=1S/C31H63N/c1-4-6-8-10-12-14-18-22-29(26-28(3)32)23-19-15-13-17-21-25-31-27-30(31)24-20-16-11-9-7-5-2/h28-31H,4-27,32H2,1-3H3. The van der Waals surface area contributed by atoms with Crippen LogP contribution in [0.15, 0.2) is 0 Å². The van der Waals surface area contributed by atoms with Gasteiger partial charge in [0.2, 0.25) is 0 Å². The van der Waals surface area contributed by atoms with Crippen molar-refractivity contribution in [1.82, 2.24) is 0 Å². The summed E-state index contributed by atoms with van der Waals surface area (Å²) in [6, 6.07) is 0.382. The number of unbranched alkanes of at least 4 members (excludes halogenated alkanes) is 15. The molecule has 1 heteroatoms. The molecule has 1 fully saturated rings. The Hall–Kier alpha value is -0.0400. The molecule has 0 aromatic heterocycles. The van der Waals surface area contributed by atoms with Crippen molar-refractivity contribution in [3.8, 4) is 0 Å². The maximum Gasteiger partial charge on any atom is 0.00131 e. The van der Waals surface area contributed by atoms with Crippen LogP contribution in [0.3, 0.4) is 0 Å². The molecule has 0 spiro atoms. The SMILES string of the molecule is CCCCCCCCCC(CCCCCCCC1CC1CCCCCCCC)CC(C)N. The predicted molar refractivity (Wildman–Crippen MR) is 146 cm³/mol. The molecular weight excluding hydrogens is 386 g/mol.